The SMILES string of the molecule is CC#N.CCN1CCCN(c2cc3c(c(F)c2O)CN(C(=O)c2c(Sc4c(Cl)cccc4Cl)cc(C(F)(F)Cl)[nH]c2=O)C3)C1=O. The third-order valence-electron chi connectivity index (χ3n) is 7.04. The first kappa shape index (κ1) is 34.3. The number of phenolic OH excluding ortho intramolecular Hbond substituents is 1. The summed E-state index contributed by atoms with van der Waals surface area (Å²) in [5, 5.41) is 14.3. The van der Waals surface area contributed by atoms with Gasteiger partial charge in [0.25, 0.3) is 11.5 Å². The second kappa shape index (κ2) is 13.8. The molecule has 0 aliphatic carbocycles. The third-order valence-corrected chi connectivity index (χ3v) is 9.29. The van der Waals surface area contributed by atoms with Gasteiger partial charge in [-0.15, -0.1) is 0 Å². The van der Waals surface area contributed by atoms with Crippen LogP contribution in [0.15, 0.2) is 44.9 Å². The van der Waals surface area contributed by atoms with Crippen LogP contribution in [-0.2, 0) is 18.5 Å². The van der Waals surface area contributed by atoms with E-state index in [-0.39, 0.29) is 56.8 Å². The normalized spacial score (nSPS) is 14.6. The van der Waals surface area contributed by atoms with Crippen LogP contribution in [0.4, 0.5) is 23.7 Å². The number of aromatic nitrogens is 1. The highest BCUT2D eigenvalue weighted by molar-refractivity contribution is 7.99. The van der Waals surface area contributed by atoms with Gasteiger partial charge in [-0.3, -0.25) is 14.5 Å². The number of benzene rings is 2. The number of nitriles is 1. The Morgan fingerprint density at radius 3 is 2.42 bits per heavy atom. The number of hydrogen-bond acceptors (Lipinski definition) is 6. The number of aromatic hydroxyl groups is 1. The summed E-state index contributed by atoms with van der Waals surface area (Å²) in [6.45, 7) is 3.97. The van der Waals surface area contributed by atoms with Gasteiger partial charge in [0, 0.05) is 55.0 Å². The molecule has 0 bridgehead atoms. The van der Waals surface area contributed by atoms with E-state index in [0.717, 1.165) is 22.7 Å². The van der Waals surface area contributed by atoms with Gasteiger partial charge in [0.05, 0.1) is 21.8 Å². The van der Waals surface area contributed by atoms with Crippen molar-refractivity contribution in [3.8, 4) is 11.8 Å². The van der Waals surface area contributed by atoms with Crippen LogP contribution in [0.3, 0.4) is 0 Å². The molecule has 0 spiro atoms. The van der Waals surface area contributed by atoms with Crippen LogP contribution in [0, 0.1) is 17.1 Å². The number of rotatable bonds is 6. The maximum absolute atomic E-state index is 15.4. The molecule has 9 nitrogen and oxygen atoms in total. The molecule has 2 N–H and O–H groups in total. The summed E-state index contributed by atoms with van der Waals surface area (Å²) in [5.41, 5.74) is -2.32. The number of phenols is 1. The van der Waals surface area contributed by atoms with Crippen LogP contribution in [0.5, 0.6) is 5.75 Å². The second-order valence-corrected chi connectivity index (χ2v) is 12.2. The van der Waals surface area contributed by atoms with Gasteiger partial charge in [-0.1, -0.05) is 41.0 Å². The first-order chi connectivity index (χ1) is 21.2. The first-order valence-corrected chi connectivity index (χ1v) is 15.3. The summed E-state index contributed by atoms with van der Waals surface area (Å²) in [7, 11) is 0. The maximum atomic E-state index is 15.4. The van der Waals surface area contributed by atoms with Crippen LogP contribution in [0.25, 0.3) is 0 Å². The number of urea groups is 1. The zero-order valence-electron chi connectivity index (χ0n) is 23.8. The number of H-pyrrole nitrogens is 1. The Morgan fingerprint density at radius 1 is 1.18 bits per heavy atom. The predicted molar refractivity (Wildman–Crippen MR) is 165 cm³/mol. The van der Waals surface area contributed by atoms with E-state index in [0.29, 0.717) is 25.1 Å². The van der Waals surface area contributed by atoms with E-state index < -0.39 is 39.7 Å². The van der Waals surface area contributed by atoms with Crippen molar-refractivity contribution in [2.45, 2.75) is 48.5 Å². The fourth-order valence-corrected chi connectivity index (χ4v) is 6.69. The number of nitrogens with one attached hydrogen (secondary N) is 1. The summed E-state index contributed by atoms with van der Waals surface area (Å²) in [5.74, 6) is -2.62. The fraction of sp³-hybridized carbons (Fsp3) is 0.310. The molecule has 2 aliphatic rings. The number of pyridine rings is 1. The van der Waals surface area contributed by atoms with E-state index >= 15 is 4.39 Å². The average Bonchev–Trinajstić information content (AvgIpc) is 3.41. The van der Waals surface area contributed by atoms with Gasteiger partial charge < -0.3 is 19.9 Å². The van der Waals surface area contributed by atoms with Crippen molar-refractivity contribution in [3.63, 3.8) is 0 Å². The number of fused-ring (bicyclic) bond motifs is 1. The molecule has 16 heteroatoms. The lowest BCUT2D eigenvalue weighted by Gasteiger charge is -2.35. The van der Waals surface area contributed by atoms with Crippen LogP contribution in [-0.4, -0.2) is 51.5 Å². The molecule has 3 heterocycles. The van der Waals surface area contributed by atoms with Gasteiger partial charge in [-0.05, 0) is 54.8 Å². The largest absolute Gasteiger partial charge is 0.503 e. The Bertz CT molecular complexity index is 1740. The minimum Gasteiger partial charge on any atom is -0.503 e. The lowest BCUT2D eigenvalue weighted by atomic mass is 10.1. The molecule has 3 amide bonds. The van der Waals surface area contributed by atoms with Crippen LogP contribution in [0.1, 0.15) is 47.4 Å². The molecule has 0 unspecified atom stereocenters. The second-order valence-electron chi connectivity index (χ2n) is 9.85. The highest BCUT2D eigenvalue weighted by Gasteiger charge is 2.37. The monoisotopic (exact) mass is 701 g/mol. The number of carbonyl (C=O) groups is 2. The van der Waals surface area contributed by atoms with E-state index in [1.165, 1.54) is 30.0 Å². The average molecular weight is 703 g/mol. The quantitative estimate of drug-likeness (QED) is 0.260. The molecular formula is C29H25Cl3F3N5O4S. The number of aromatic amines is 1. The molecule has 1 fully saturated rings. The molecule has 1 aromatic heterocycles. The minimum absolute atomic E-state index is 0.00472. The van der Waals surface area contributed by atoms with Crippen molar-refractivity contribution in [2.75, 3.05) is 24.5 Å². The molecule has 2 aromatic carbocycles. The molecule has 1 saturated heterocycles. The summed E-state index contributed by atoms with van der Waals surface area (Å²) in [4.78, 5) is 45.7. The molecule has 0 radical (unpaired) electrons. The zero-order chi connectivity index (χ0) is 33.2. The number of halogens is 6. The van der Waals surface area contributed by atoms with E-state index in [1.807, 2.05) is 11.9 Å². The molecular weight excluding hydrogens is 678 g/mol. The highest BCUT2D eigenvalue weighted by atomic mass is 35.5. The van der Waals surface area contributed by atoms with E-state index in [2.05, 4.69) is 0 Å². The first-order valence-electron chi connectivity index (χ1n) is 13.4. The Labute approximate surface area is 275 Å². The van der Waals surface area contributed by atoms with E-state index in [4.69, 9.17) is 40.1 Å². The van der Waals surface area contributed by atoms with Crippen molar-refractivity contribution >= 4 is 64.2 Å². The Hall–Kier alpha value is -3.57. The minimum atomic E-state index is -3.96. The predicted octanol–water partition coefficient (Wildman–Crippen LogP) is 7.30. The van der Waals surface area contributed by atoms with Crippen molar-refractivity contribution < 1.29 is 27.9 Å². The molecule has 5 rings (SSSR count). The maximum Gasteiger partial charge on any atom is 0.362 e. The van der Waals surface area contributed by atoms with Crippen LogP contribution >= 0.6 is 46.6 Å². The summed E-state index contributed by atoms with van der Waals surface area (Å²) < 4.78 is 43.5. The van der Waals surface area contributed by atoms with Gasteiger partial charge in [-0.25, -0.2) is 9.18 Å². The van der Waals surface area contributed by atoms with Gasteiger partial charge in [0.15, 0.2) is 11.6 Å². The molecule has 0 saturated carbocycles. The molecule has 45 heavy (non-hydrogen) atoms. The Kier molecular flexibility index (Phi) is 10.5. The lowest BCUT2D eigenvalue weighted by molar-refractivity contribution is 0.0739. The van der Waals surface area contributed by atoms with Crippen molar-refractivity contribution in [1.29, 1.82) is 5.26 Å². The van der Waals surface area contributed by atoms with Crippen LogP contribution < -0.4 is 10.5 Å². The summed E-state index contributed by atoms with van der Waals surface area (Å²) in [6.07, 6.45) is 0.609. The highest BCUT2D eigenvalue weighted by Crippen LogP contribution is 2.43. The fourth-order valence-electron chi connectivity index (χ4n) is 4.95. The lowest BCUT2D eigenvalue weighted by Crippen LogP contribution is -2.49. The summed E-state index contributed by atoms with van der Waals surface area (Å²) >= 11 is 18.4. The molecule has 0 atom stereocenters. The number of anilines is 1. The molecule has 2 aliphatic heterocycles. The van der Waals surface area contributed by atoms with Gasteiger partial charge in [0.2, 0.25) is 0 Å². The smallest absolute Gasteiger partial charge is 0.362 e. The van der Waals surface area contributed by atoms with Gasteiger partial charge >= 0.3 is 11.4 Å². The van der Waals surface area contributed by atoms with E-state index in [9.17, 15) is 28.3 Å². The van der Waals surface area contributed by atoms with Gasteiger partial charge in [-0.2, -0.15) is 14.0 Å². The third kappa shape index (κ3) is 6.99. The summed E-state index contributed by atoms with van der Waals surface area (Å²) in [6, 6.07) is 8.23. The molecule has 238 valence electrons. The number of nitrogens with zero attached hydrogens (tertiary/aromatic N) is 4. The number of carbonyl (C=O) groups excluding carboxylic acids is 2. The van der Waals surface area contributed by atoms with Crippen molar-refractivity contribution in [2.24, 2.45) is 0 Å². The van der Waals surface area contributed by atoms with Crippen molar-refractivity contribution in [3.05, 3.63) is 78.9 Å². The van der Waals surface area contributed by atoms with E-state index in [1.54, 1.807) is 17.0 Å². The van der Waals surface area contributed by atoms with Gasteiger partial charge in [0.1, 0.15) is 11.3 Å². The topological polar surface area (TPSA) is 121 Å². The number of amides is 3. The number of hydrogen-bond donors (Lipinski definition) is 2. The zero-order valence-corrected chi connectivity index (χ0v) is 26.9. The van der Waals surface area contributed by atoms with Crippen LogP contribution in [0.2, 0.25) is 10.0 Å². The Morgan fingerprint density at radius 2 is 1.82 bits per heavy atom. The van der Waals surface area contributed by atoms with Crippen molar-refractivity contribution in [1.82, 2.24) is 14.8 Å². The Balaban J connectivity index is 0.00000148. The molecule has 3 aromatic rings. The standard InChI is InChI=1S/C27H22Cl3F3N4O4S.C2H3N/c1-2-35-7-4-8-37(26(35)41)17-9-13-11-36(12-14(13)21(31)22(17)38)25(40)20-18(10-19(27(30,32)33)34-24(20)39)42-23-15(28)5-3-6-16(23)29;1-2-3/h3,5-6,9-10,38H,2,4,7-8,11-12H2,1H3,(H,34,39);1H3. The number of alkyl halides is 3.